The number of rotatable bonds is 4. The van der Waals surface area contributed by atoms with Crippen molar-refractivity contribution in [3.05, 3.63) is 23.8 Å². The Morgan fingerprint density at radius 2 is 1.73 bits per heavy atom. The van der Waals surface area contributed by atoms with E-state index < -0.39 is 64.0 Å². The molecule has 10 atom stereocenters. The van der Waals surface area contributed by atoms with Gasteiger partial charge < -0.3 is 18.9 Å². The lowest BCUT2D eigenvalue weighted by molar-refractivity contribution is -0.284. The zero-order chi connectivity index (χ0) is 29.4. The molecule has 3 fully saturated rings. The summed E-state index contributed by atoms with van der Waals surface area (Å²) in [7, 11) is 0. The minimum absolute atomic E-state index is 0.172. The minimum atomic E-state index is -1.07. The summed E-state index contributed by atoms with van der Waals surface area (Å²) in [4.78, 5) is 55.2. The van der Waals surface area contributed by atoms with Gasteiger partial charge in [-0.2, -0.15) is 0 Å². The summed E-state index contributed by atoms with van der Waals surface area (Å²) in [6.45, 7) is 12.7. The van der Waals surface area contributed by atoms with Gasteiger partial charge in [-0.15, -0.1) is 0 Å². The van der Waals surface area contributed by atoms with Crippen molar-refractivity contribution in [1.29, 1.82) is 0 Å². The van der Waals surface area contributed by atoms with Crippen LogP contribution in [0.3, 0.4) is 0 Å². The van der Waals surface area contributed by atoms with Crippen molar-refractivity contribution in [2.24, 2.45) is 39.9 Å². The largest absolute Gasteiger partial charge is 0.465 e. The zero-order valence-corrected chi connectivity index (χ0v) is 24.2. The van der Waals surface area contributed by atoms with Crippen LogP contribution in [0.15, 0.2) is 23.8 Å². The Labute approximate surface area is 234 Å². The van der Waals surface area contributed by atoms with Gasteiger partial charge in [-0.25, -0.2) is 9.68 Å². The number of carbonyl (C=O) groups is 4. The van der Waals surface area contributed by atoms with Crippen LogP contribution in [0.25, 0.3) is 0 Å². The fourth-order valence-electron chi connectivity index (χ4n) is 9.73. The summed E-state index contributed by atoms with van der Waals surface area (Å²) >= 11 is 0. The number of hydrogen-bond donors (Lipinski definition) is 1. The second kappa shape index (κ2) is 9.41. The molecule has 40 heavy (non-hydrogen) atoms. The third-order valence-electron chi connectivity index (χ3n) is 10.7. The molecule has 2 saturated carbocycles. The average molecular weight is 561 g/mol. The first-order chi connectivity index (χ1) is 18.6. The number of fused-ring (bicyclic) bond motifs is 5. The number of ether oxygens (including phenoxy) is 4. The maximum atomic E-state index is 12.7. The highest BCUT2D eigenvalue weighted by Crippen LogP contribution is 2.72. The first-order valence-electron chi connectivity index (χ1n) is 14.0. The predicted molar refractivity (Wildman–Crippen MR) is 139 cm³/mol. The van der Waals surface area contributed by atoms with Crippen LogP contribution in [0.5, 0.6) is 0 Å². The smallest absolute Gasteiger partial charge is 0.330 e. The molecule has 0 aromatic carbocycles. The Morgan fingerprint density at radius 1 is 1.05 bits per heavy atom. The average Bonchev–Trinajstić information content (AvgIpc) is 3.36. The molecule has 2 heterocycles. The Kier molecular flexibility index (Phi) is 6.77. The maximum absolute atomic E-state index is 12.7. The first-order valence-corrected chi connectivity index (χ1v) is 14.0. The molecule has 2 aliphatic heterocycles. The van der Waals surface area contributed by atoms with Gasteiger partial charge in [0, 0.05) is 48.5 Å². The molecule has 1 saturated heterocycles. The van der Waals surface area contributed by atoms with Crippen molar-refractivity contribution < 1.29 is 48.3 Å². The predicted octanol–water partition coefficient (Wildman–Crippen LogP) is 3.78. The minimum Gasteiger partial charge on any atom is -0.465 e. The van der Waals surface area contributed by atoms with E-state index in [1.165, 1.54) is 19.9 Å². The van der Waals surface area contributed by atoms with Crippen LogP contribution in [0, 0.1) is 39.9 Å². The van der Waals surface area contributed by atoms with Crippen molar-refractivity contribution in [3.8, 4) is 0 Å². The number of allylic oxidation sites excluding steroid dienone is 1. The van der Waals surface area contributed by atoms with E-state index >= 15 is 0 Å². The number of esters is 4. The van der Waals surface area contributed by atoms with Gasteiger partial charge in [0.15, 0.2) is 0 Å². The zero-order valence-electron chi connectivity index (χ0n) is 24.2. The highest BCUT2D eigenvalue weighted by Gasteiger charge is 2.73. The molecule has 0 spiro atoms. The summed E-state index contributed by atoms with van der Waals surface area (Å²) in [6, 6.07) is 0. The van der Waals surface area contributed by atoms with Gasteiger partial charge in [-0.05, 0) is 38.0 Å². The molecule has 0 amide bonds. The van der Waals surface area contributed by atoms with Crippen molar-refractivity contribution in [3.63, 3.8) is 0 Å². The lowest BCUT2D eigenvalue weighted by Crippen LogP contribution is -2.70. The molecule has 5 aliphatic rings. The fourth-order valence-corrected chi connectivity index (χ4v) is 9.73. The van der Waals surface area contributed by atoms with Gasteiger partial charge in [0.2, 0.25) is 0 Å². The van der Waals surface area contributed by atoms with Crippen LogP contribution in [-0.2, 0) is 43.0 Å². The third kappa shape index (κ3) is 4.04. The van der Waals surface area contributed by atoms with Crippen molar-refractivity contribution in [2.75, 3.05) is 6.61 Å². The second-order valence-electron chi connectivity index (χ2n) is 13.4. The van der Waals surface area contributed by atoms with Crippen molar-refractivity contribution in [2.45, 2.75) is 91.6 Å². The number of hydrogen-bond acceptors (Lipinski definition) is 10. The van der Waals surface area contributed by atoms with Crippen LogP contribution < -0.4 is 0 Å². The van der Waals surface area contributed by atoms with E-state index in [1.807, 2.05) is 19.1 Å². The third-order valence-corrected chi connectivity index (χ3v) is 10.7. The van der Waals surface area contributed by atoms with E-state index in [0.717, 1.165) is 5.57 Å². The maximum Gasteiger partial charge on any atom is 0.330 e. The summed E-state index contributed by atoms with van der Waals surface area (Å²) in [6.07, 6.45) is 4.22. The molecule has 0 aromatic heterocycles. The van der Waals surface area contributed by atoms with E-state index in [-0.39, 0.29) is 36.8 Å². The molecule has 0 radical (unpaired) electrons. The summed E-state index contributed by atoms with van der Waals surface area (Å²) in [5.41, 5.74) is -2.31. The molecule has 220 valence electrons. The second-order valence-corrected chi connectivity index (χ2v) is 13.4. The van der Waals surface area contributed by atoms with Crippen LogP contribution >= 0.6 is 0 Å². The Hall–Kier alpha value is -2.72. The first kappa shape index (κ1) is 28.8. The summed E-state index contributed by atoms with van der Waals surface area (Å²) in [5.74, 6) is -3.00. The Bertz CT molecular complexity index is 1190. The quantitative estimate of drug-likeness (QED) is 0.178. The SMILES string of the molecule is CC(=O)OC1C2C(C)(C)OC(=O)C=CC2(C)C2CCC3(C)C(=CC(OO)C3C3COC(=O)C3)C2(C)C1OC(C)=O. The fraction of sp³-hybridized carbons (Fsp3) is 0.733. The van der Waals surface area contributed by atoms with E-state index in [2.05, 4.69) is 13.8 Å². The van der Waals surface area contributed by atoms with Crippen LogP contribution in [0.1, 0.15) is 67.7 Å². The van der Waals surface area contributed by atoms with Crippen LogP contribution in [0.4, 0.5) is 0 Å². The molecule has 3 aliphatic carbocycles. The molecular formula is C30H40O10. The topological polar surface area (TPSA) is 135 Å². The van der Waals surface area contributed by atoms with Crippen LogP contribution in [-0.4, -0.2) is 59.7 Å². The Morgan fingerprint density at radius 3 is 2.30 bits per heavy atom. The van der Waals surface area contributed by atoms with Gasteiger partial charge in [0.05, 0.1) is 13.0 Å². The number of carbonyl (C=O) groups excluding carboxylic acids is 4. The van der Waals surface area contributed by atoms with Crippen LogP contribution in [0.2, 0.25) is 0 Å². The highest BCUT2D eigenvalue weighted by atomic mass is 17.1. The van der Waals surface area contributed by atoms with Crippen molar-refractivity contribution >= 4 is 23.9 Å². The van der Waals surface area contributed by atoms with Gasteiger partial charge >= 0.3 is 23.9 Å². The number of cyclic esters (lactones) is 2. The summed E-state index contributed by atoms with van der Waals surface area (Å²) < 4.78 is 23.4. The van der Waals surface area contributed by atoms with Gasteiger partial charge in [-0.1, -0.05) is 38.5 Å². The monoisotopic (exact) mass is 560 g/mol. The molecule has 5 rings (SSSR count). The highest BCUT2D eigenvalue weighted by molar-refractivity contribution is 5.83. The molecule has 10 unspecified atom stereocenters. The lowest BCUT2D eigenvalue weighted by Gasteiger charge is -2.66. The van der Waals surface area contributed by atoms with Gasteiger partial charge in [-0.3, -0.25) is 19.6 Å². The Balaban J connectivity index is 1.74. The van der Waals surface area contributed by atoms with E-state index in [4.69, 9.17) is 23.8 Å². The van der Waals surface area contributed by atoms with Gasteiger partial charge in [0.25, 0.3) is 0 Å². The van der Waals surface area contributed by atoms with E-state index in [1.54, 1.807) is 13.8 Å². The molecular weight excluding hydrogens is 520 g/mol. The van der Waals surface area contributed by atoms with E-state index in [0.29, 0.717) is 12.8 Å². The lowest BCUT2D eigenvalue weighted by atomic mass is 9.39. The molecule has 10 heteroatoms. The molecule has 0 aromatic rings. The normalized spacial score (nSPS) is 45.2. The molecule has 1 N–H and O–H groups in total. The van der Waals surface area contributed by atoms with Crippen molar-refractivity contribution in [1.82, 2.24) is 0 Å². The molecule has 0 bridgehead atoms. The standard InChI is InChI=1S/C30H40O10/c1-15(31)37-24-25-27(3,4)39-21(33)9-11-29(25,6)19-8-10-28(5)20(30(19,7)26(24)38-16(2)32)13-18(40-35)23(28)17-12-22(34)36-14-17/h9,11,13,17-19,23-26,35H,8,10,12,14H2,1-7H3. The van der Waals surface area contributed by atoms with E-state index in [9.17, 15) is 24.4 Å². The molecule has 10 nitrogen and oxygen atoms in total. The summed E-state index contributed by atoms with van der Waals surface area (Å²) in [5, 5.41) is 10.1. The van der Waals surface area contributed by atoms with Gasteiger partial charge in [0.1, 0.15) is 23.9 Å².